The third-order valence-corrected chi connectivity index (χ3v) is 5.71. The van der Waals surface area contributed by atoms with Gasteiger partial charge < -0.3 is 15.2 Å². The van der Waals surface area contributed by atoms with Gasteiger partial charge in [-0.1, -0.05) is 66.4 Å². The molecular weight excluding hydrogens is 422 g/mol. The lowest BCUT2D eigenvalue weighted by Crippen LogP contribution is -2.16. The number of rotatable bonds is 7. The highest BCUT2D eigenvalue weighted by atomic mass is 32.2. The van der Waals surface area contributed by atoms with Crippen LogP contribution in [-0.4, -0.2) is 32.3 Å². The molecule has 8 heteroatoms. The van der Waals surface area contributed by atoms with Crippen LogP contribution in [0.4, 0.5) is 11.4 Å². The van der Waals surface area contributed by atoms with Crippen LogP contribution in [-0.2, 0) is 11.8 Å². The van der Waals surface area contributed by atoms with Crippen LogP contribution in [0.1, 0.15) is 10.4 Å². The van der Waals surface area contributed by atoms with Gasteiger partial charge in [0.1, 0.15) is 6.33 Å². The molecule has 3 aromatic carbocycles. The summed E-state index contributed by atoms with van der Waals surface area (Å²) in [5, 5.41) is 14.2. The van der Waals surface area contributed by atoms with E-state index in [2.05, 4.69) is 20.8 Å². The Morgan fingerprint density at radius 1 is 0.938 bits per heavy atom. The van der Waals surface area contributed by atoms with Gasteiger partial charge in [0.2, 0.25) is 5.91 Å². The Morgan fingerprint density at radius 2 is 1.72 bits per heavy atom. The Morgan fingerprint density at radius 3 is 2.50 bits per heavy atom. The molecule has 0 aliphatic heterocycles. The molecule has 0 aliphatic carbocycles. The predicted octanol–water partition coefficient (Wildman–Crippen LogP) is 4.47. The number of nitrogens with zero attached hydrogens (tertiary/aromatic N) is 3. The number of carbonyl (C=O) groups is 2. The molecule has 0 atom stereocenters. The van der Waals surface area contributed by atoms with Crippen LogP contribution < -0.4 is 10.6 Å². The van der Waals surface area contributed by atoms with E-state index in [1.54, 1.807) is 35.2 Å². The lowest BCUT2D eigenvalue weighted by atomic mass is 10.0. The maximum atomic E-state index is 12.9. The van der Waals surface area contributed by atoms with Gasteiger partial charge in [-0.2, -0.15) is 0 Å². The number of amides is 2. The van der Waals surface area contributed by atoms with Crippen molar-refractivity contribution in [1.82, 2.24) is 14.8 Å². The van der Waals surface area contributed by atoms with Gasteiger partial charge in [0.05, 0.1) is 5.75 Å². The molecule has 4 aromatic rings. The standard InChI is InChI=1S/C24H21N5O2S/c1-29-16-25-28-24(29)32-15-22(30)26-19-11-7-10-18(14-19)23(31)27-21-13-6-5-12-20(21)17-8-3-2-4-9-17/h2-14,16H,15H2,1H3,(H,26,30)(H,27,31). The van der Waals surface area contributed by atoms with Crippen molar-refractivity contribution in [3.8, 4) is 11.1 Å². The molecule has 7 nitrogen and oxygen atoms in total. The first-order valence-corrected chi connectivity index (χ1v) is 10.9. The largest absolute Gasteiger partial charge is 0.325 e. The first kappa shape index (κ1) is 21.3. The van der Waals surface area contributed by atoms with Crippen molar-refractivity contribution in [2.45, 2.75) is 5.16 Å². The van der Waals surface area contributed by atoms with Crippen molar-refractivity contribution >= 4 is 35.0 Å². The molecule has 1 heterocycles. The maximum Gasteiger partial charge on any atom is 0.255 e. The zero-order valence-electron chi connectivity index (χ0n) is 17.4. The minimum atomic E-state index is -0.252. The average molecular weight is 444 g/mol. The molecule has 0 unspecified atom stereocenters. The minimum Gasteiger partial charge on any atom is -0.325 e. The fraction of sp³-hybridized carbons (Fsp3) is 0.0833. The number of aryl methyl sites for hydroxylation is 1. The van der Waals surface area contributed by atoms with Crippen LogP contribution >= 0.6 is 11.8 Å². The average Bonchev–Trinajstić information content (AvgIpc) is 3.23. The summed E-state index contributed by atoms with van der Waals surface area (Å²) in [5.41, 5.74) is 3.68. The number of anilines is 2. The van der Waals surface area contributed by atoms with E-state index in [9.17, 15) is 9.59 Å². The van der Waals surface area contributed by atoms with Gasteiger partial charge >= 0.3 is 0 Å². The third kappa shape index (κ3) is 5.22. The van der Waals surface area contributed by atoms with Crippen LogP contribution in [0.2, 0.25) is 0 Å². The molecule has 32 heavy (non-hydrogen) atoms. The Bertz CT molecular complexity index is 1240. The van der Waals surface area contributed by atoms with E-state index in [4.69, 9.17) is 0 Å². The van der Waals surface area contributed by atoms with E-state index in [-0.39, 0.29) is 17.6 Å². The lowest BCUT2D eigenvalue weighted by molar-refractivity contribution is -0.113. The summed E-state index contributed by atoms with van der Waals surface area (Å²) in [5.74, 6) is -0.254. The van der Waals surface area contributed by atoms with E-state index >= 15 is 0 Å². The highest BCUT2D eigenvalue weighted by Gasteiger charge is 2.12. The topological polar surface area (TPSA) is 88.9 Å². The Kier molecular flexibility index (Phi) is 6.62. The first-order chi connectivity index (χ1) is 15.6. The summed E-state index contributed by atoms with van der Waals surface area (Å²) < 4.78 is 1.75. The molecule has 0 spiro atoms. The van der Waals surface area contributed by atoms with Crippen LogP contribution in [0.3, 0.4) is 0 Å². The zero-order chi connectivity index (χ0) is 22.3. The molecule has 0 saturated heterocycles. The lowest BCUT2D eigenvalue weighted by Gasteiger charge is -2.12. The molecule has 0 fully saturated rings. The van der Waals surface area contributed by atoms with Crippen molar-refractivity contribution in [1.29, 1.82) is 0 Å². The number of benzene rings is 3. The van der Waals surface area contributed by atoms with Crippen LogP contribution in [0.5, 0.6) is 0 Å². The molecule has 1 aromatic heterocycles. The number of thioether (sulfide) groups is 1. The second-order valence-corrected chi connectivity index (χ2v) is 7.95. The molecule has 0 bridgehead atoms. The number of nitrogens with one attached hydrogen (secondary N) is 2. The van der Waals surface area contributed by atoms with Crippen molar-refractivity contribution in [3.05, 3.63) is 90.8 Å². The minimum absolute atomic E-state index is 0.188. The van der Waals surface area contributed by atoms with Crippen molar-refractivity contribution in [2.75, 3.05) is 16.4 Å². The summed E-state index contributed by atoms with van der Waals surface area (Å²) in [7, 11) is 1.82. The predicted molar refractivity (Wildman–Crippen MR) is 127 cm³/mol. The summed E-state index contributed by atoms with van der Waals surface area (Å²) in [4.78, 5) is 25.2. The van der Waals surface area contributed by atoms with Gasteiger partial charge in [-0.25, -0.2) is 0 Å². The second-order valence-electron chi connectivity index (χ2n) is 7.01. The highest BCUT2D eigenvalue weighted by molar-refractivity contribution is 7.99. The number of carbonyl (C=O) groups excluding carboxylic acids is 2. The van der Waals surface area contributed by atoms with E-state index in [0.29, 0.717) is 16.4 Å². The van der Waals surface area contributed by atoms with Crippen LogP contribution in [0, 0.1) is 0 Å². The van der Waals surface area contributed by atoms with Crippen molar-refractivity contribution in [2.24, 2.45) is 7.05 Å². The number of hydrogen-bond donors (Lipinski definition) is 2. The second kappa shape index (κ2) is 9.93. The summed E-state index contributed by atoms with van der Waals surface area (Å²) in [6.45, 7) is 0. The number of hydrogen-bond acceptors (Lipinski definition) is 5. The highest BCUT2D eigenvalue weighted by Crippen LogP contribution is 2.28. The fourth-order valence-electron chi connectivity index (χ4n) is 3.12. The van der Waals surface area contributed by atoms with Crippen LogP contribution in [0.25, 0.3) is 11.1 Å². The van der Waals surface area contributed by atoms with Gasteiger partial charge in [0, 0.05) is 29.5 Å². The summed E-state index contributed by atoms with van der Waals surface area (Å²) in [6.07, 6.45) is 1.58. The molecule has 0 radical (unpaired) electrons. The monoisotopic (exact) mass is 443 g/mol. The first-order valence-electron chi connectivity index (χ1n) is 9.92. The van der Waals surface area contributed by atoms with Crippen LogP contribution in [0.15, 0.2) is 90.3 Å². The Hall–Kier alpha value is -3.91. The van der Waals surface area contributed by atoms with E-state index in [1.165, 1.54) is 11.8 Å². The zero-order valence-corrected chi connectivity index (χ0v) is 18.2. The Labute approximate surface area is 189 Å². The molecule has 0 aliphatic rings. The van der Waals surface area contributed by atoms with Gasteiger partial charge in [-0.3, -0.25) is 9.59 Å². The number of para-hydroxylation sites is 1. The maximum absolute atomic E-state index is 12.9. The fourth-order valence-corrected chi connectivity index (χ4v) is 3.81. The van der Waals surface area contributed by atoms with Crippen molar-refractivity contribution < 1.29 is 9.59 Å². The molecule has 0 saturated carbocycles. The van der Waals surface area contributed by atoms with E-state index < -0.39 is 0 Å². The molecule has 160 valence electrons. The summed E-state index contributed by atoms with van der Waals surface area (Å²) in [6, 6.07) is 24.4. The smallest absolute Gasteiger partial charge is 0.255 e. The SMILES string of the molecule is Cn1cnnc1SCC(=O)Nc1cccc(C(=O)Nc2ccccc2-c2ccccc2)c1. The van der Waals surface area contributed by atoms with E-state index in [1.807, 2.05) is 61.6 Å². The number of aromatic nitrogens is 3. The normalized spacial score (nSPS) is 10.5. The van der Waals surface area contributed by atoms with Gasteiger partial charge in [-0.15, -0.1) is 10.2 Å². The molecule has 2 N–H and O–H groups in total. The third-order valence-electron chi connectivity index (χ3n) is 4.67. The van der Waals surface area contributed by atoms with E-state index in [0.717, 1.165) is 16.8 Å². The molecular formula is C24H21N5O2S. The van der Waals surface area contributed by atoms with Crippen molar-refractivity contribution in [3.63, 3.8) is 0 Å². The molecule has 2 amide bonds. The Balaban J connectivity index is 1.43. The molecule has 4 rings (SSSR count). The van der Waals surface area contributed by atoms with Gasteiger partial charge in [-0.05, 0) is 29.8 Å². The van der Waals surface area contributed by atoms with Gasteiger partial charge in [0.25, 0.3) is 5.91 Å². The quantitative estimate of drug-likeness (QED) is 0.412. The van der Waals surface area contributed by atoms with Gasteiger partial charge in [0.15, 0.2) is 5.16 Å². The summed E-state index contributed by atoms with van der Waals surface area (Å²) >= 11 is 1.29.